The first-order valence-corrected chi connectivity index (χ1v) is 18.9. The number of unbranched alkanes of at least 4 members (excludes halogenated alkanes) is 22. The minimum absolute atomic E-state index is 0.0108. The van der Waals surface area contributed by atoms with Crippen LogP contribution in [0, 0.1) is 0 Å². The molecule has 0 saturated carbocycles. The molecule has 0 spiro atoms. The summed E-state index contributed by atoms with van der Waals surface area (Å²) in [6.07, 6.45) is 40.9. The van der Waals surface area contributed by atoms with E-state index in [9.17, 15) is 14.4 Å². The van der Waals surface area contributed by atoms with Crippen molar-refractivity contribution in [2.75, 3.05) is 6.54 Å². The van der Waals surface area contributed by atoms with Gasteiger partial charge in [-0.25, -0.2) is 0 Å². The molecular formula is C39H71NO4. The van der Waals surface area contributed by atoms with Gasteiger partial charge in [0.15, 0.2) is 0 Å². The van der Waals surface area contributed by atoms with Gasteiger partial charge in [-0.2, -0.15) is 0 Å². The summed E-state index contributed by atoms with van der Waals surface area (Å²) in [5, 5.41) is 9.10. The quantitative estimate of drug-likeness (QED) is 0.0587. The molecule has 44 heavy (non-hydrogen) atoms. The average molecular weight is 618 g/mol. The topological polar surface area (TPSA) is 74.7 Å². The number of hydrogen-bond acceptors (Lipinski definition) is 3. The molecule has 0 fully saturated rings. The number of nitrogens with zero attached hydrogens (tertiary/aromatic N) is 1. The first kappa shape index (κ1) is 42.1. The Balaban J connectivity index is 3.94. The first-order valence-electron chi connectivity index (χ1n) is 18.9. The van der Waals surface area contributed by atoms with E-state index in [4.69, 9.17) is 5.11 Å². The minimum Gasteiger partial charge on any atom is -0.481 e. The van der Waals surface area contributed by atoms with Crippen molar-refractivity contribution >= 4 is 17.8 Å². The van der Waals surface area contributed by atoms with E-state index in [0.29, 0.717) is 12.8 Å². The van der Waals surface area contributed by atoms with Crippen LogP contribution in [-0.4, -0.2) is 34.3 Å². The van der Waals surface area contributed by atoms with Crippen molar-refractivity contribution in [2.24, 2.45) is 0 Å². The second kappa shape index (κ2) is 34.0. The van der Waals surface area contributed by atoms with Crippen LogP contribution in [0.25, 0.3) is 0 Å². The smallest absolute Gasteiger partial charge is 0.305 e. The van der Waals surface area contributed by atoms with Crippen LogP contribution in [0.1, 0.15) is 200 Å². The molecule has 0 aromatic heterocycles. The molecule has 0 heterocycles. The summed E-state index contributed by atoms with van der Waals surface area (Å²) in [5.41, 5.74) is 0. The molecule has 0 aromatic carbocycles. The zero-order valence-electron chi connectivity index (χ0n) is 29.1. The predicted octanol–water partition coefficient (Wildman–Crippen LogP) is 11.9. The Labute approximate surface area is 272 Å². The fourth-order valence-electron chi connectivity index (χ4n) is 5.56. The molecular weight excluding hydrogens is 546 g/mol. The molecule has 0 saturated heterocycles. The lowest BCUT2D eigenvalue weighted by Gasteiger charge is -2.20. The Morgan fingerprint density at radius 1 is 0.432 bits per heavy atom. The summed E-state index contributed by atoms with van der Waals surface area (Å²) in [7, 11) is 0. The third-order valence-electron chi connectivity index (χ3n) is 8.46. The van der Waals surface area contributed by atoms with Gasteiger partial charge in [0.2, 0.25) is 11.8 Å². The number of hydrogen-bond donors (Lipinski definition) is 1. The summed E-state index contributed by atoms with van der Waals surface area (Å²) in [4.78, 5) is 37.9. The summed E-state index contributed by atoms with van der Waals surface area (Å²) in [6, 6.07) is 0. The summed E-state index contributed by atoms with van der Waals surface area (Å²) >= 11 is 0. The number of rotatable bonds is 33. The standard InChI is InChI=1S/C39H71NO4/c1-3-5-7-9-11-13-15-17-19-21-23-25-27-29-31-33-37(41)40(36-35-39(43)44)38(42)34-32-30-28-26-24-22-20-18-16-14-12-10-8-6-4-2/h17-20H,3-16,21-36H2,1-2H3,(H,43,44)/b19-17-,20-18-. The lowest BCUT2D eigenvalue weighted by Crippen LogP contribution is -2.38. The summed E-state index contributed by atoms with van der Waals surface area (Å²) < 4.78 is 0. The second-order valence-electron chi connectivity index (χ2n) is 12.8. The zero-order valence-corrected chi connectivity index (χ0v) is 29.1. The number of carboxylic acids is 1. The first-order chi connectivity index (χ1) is 21.5. The van der Waals surface area contributed by atoms with Gasteiger partial charge in [0, 0.05) is 19.4 Å². The van der Waals surface area contributed by atoms with Crippen molar-refractivity contribution in [3.8, 4) is 0 Å². The predicted molar refractivity (Wildman–Crippen MR) is 188 cm³/mol. The molecule has 0 aliphatic heterocycles. The molecule has 5 heteroatoms. The van der Waals surface area contributed by atoms with Gasteiger partial charge in [-0.1, -0.05) is 141 Å². The van der Waals surface area contributed by atoms with Gasteiger partial charge >= 0.3 is 5.97 Å². The van der Waals surface area contributed by atoms with Crippen LogP contribution in [0.2, 0.25) is 0 Å². The third-order valence-corrected chi connectivity index (χ3v) is 8.46. The fourth-order valence-corrected chi connectivity index (χ4v) is 5.56. The SMILES string of the molecule is CCCCCCCC/C=C\CCCCCCCC(=O)N(CCC(=O)O)C(=O)CCCCCCC/C=C\CCCCCCCC. The van der Waals surface area contributed by atoms with Crippen LogP contribution < -0.4 is 0 Å². The van der Waals surface area contributed by atoms with Crippen molar-refractivity contribution in [1.29, 1.82) is 0 Å². The maximum atomic E-state index is 12.8. The van der Waals surface area contributed by atoms with Gasteiger partial charge in [-0.3, -0.25) is 19.3 Å². The molecule has 0 rings (SSSR count). The van der Waals surface area contributed by atoms with E-state index >= 15 is 0 Å². The molecule has 0 aliphatic carbocycles. The average Bonchev–Trinajstić information content (AvgIpc) is 3.01. The fraction of sp³-hybridized carbons (Fsp3) is 0.821. The monoisotopic (exact) mass is 618 g/mol. The second-order valence-corrected chi connectivity index (χ2v) is 12.8. The number of carbonyl (C=O) groups excluding carboxylic acids is 2. The van der Waals surface area contributed by atoms with E-state index in [0.717, 1.165) is 64.2 Å². The maximum absolute atomic E-state index is 12.8. The van der Waals surface area contributed by atoms with Crippen molar-refractivity contribution < 1.29 is 19.5 Å². The molecule has 2 amide bonds. The van der Waals surface area contributed by atoms with Crippen molar-refractivity contribution in [3.05, 3.63) is 24.3 Å². The Morgan fingerprint density at radius 3 is 1.05 bits per heavy atom. The lowest BCUT2D eigenvalue weighted by molar-refractivity contribution is -0.146. The molecule has 0 aliphatic rings. The number of aliphatic carboxylic acids is 1. The van der Waals surface area contributed by atoms with E-state index in [2.05, 4.69) is 38.2 Å². The lowest BCUT2D eigenvalue weighted by atomic mass is 10.1. The van der Waals surface area contributed by atoms with Gasteiger partial charge in [0.1, 0.15) is 0 Å². The van der Waals surface area contributed by atoms with Crippen LogP contribution in [0.4, 0.5) is 0 Å². The van der Waals surface area contributed by atoms with Crippen LogP contribution >= 0.6 is 0 Å². The summed E-state index contributed by atoms with van der Waals surface area (Å²) in [5.74, 6) is -1.39. The largest absolute Gasteiger partial charge is 0.481 e. The van der Waals surface area contributed by atoms with Gasteiger partial charge in [-0.15, -0.1) is 0 Å². The van der Waals surface area contributed by atoms with Crippen LogP contribution in [0.3, 0.4) is 0 Å². The van der Waals surface area contributed by atoms with Crippen LogP contribution in [0.5, 0.6) is 0 Å². The van der Waals surface area contributed by atoms with E-state index in [1.54, 1.807) is 0 Å². The number of imide groups is 1. The Hall–Kier alpha value is -1.91. The molecule has 5 nitrogen and oxygen atoms in total. The molecule has 0 radical (unpaired) electrons. The van der Waals surface area contributed by atoms with Gasteiger partial charge in [0.05, 0.1) is 6.42 Å². The highest BCUT2D eigenvalue weighted by Gasteiger charge is 2.21. The number of carbonyl (C=O) groups is 3. The highest BCUT2D eigenvalue weighted by Crippen LogP contribution is 2.14. The summed E-state index contributed by atoms with van der Waals surface area (Å²) in [6.45, 7) is 4.50. The molecule has 1 N–H and O–H groups in total. The van der Waals surface area contributed by atoms with E-state index in [1.165, 1.54) is 108 Å². The van der Waals surface area contributed by atoms with Gasteiger partial charge in [-0.05, 0) is 64.2 Å². The highest BCUT2D eigenvalue weighted by molar-refractivity contribution is 5.95. The Kier molecular flexibility index (Phi) is 32.5. The van der Waals surface area contributed by atoms with Gasteiger partial charge in [0.25, 0.3) is 0 Å². The third kappa shape index (κ3) is 30.1. The van der Waals surface area contributed by atoms with Crippen molar-refractivity contribution in [3.63, 3.8) is 0 Å². The number of carboxylic acid groups (broad SMARTS) is 1. The molecule has 0 atom stereocenters. The molecule has 0 bridgehead atoms. The van der Waals surface area contributed by atoms with Gasteiger partial charge < -0.3 is 5.11 Å². The normalized spacial score (nSPS) is 11.6. The number of allylic oxidation sites excluding steroid dienone is 4. The van der Waals surface area contributed by atoms with E-state index in [1.807, 2.05) is 0 Å². The Morgan fingerprint density at radius 2 is 0.727 bits per heavy atom. The Bertz CT molecular complexity index is 678. The highest BCUT2D eigenvalue weighted by atomic mass is 16.4. The van der Waals surface area contributed by atoms with Crippen molar-refractivity contribution in [1.82, 2.24) is 4.90 Å². The van der Waals surface area contributed by atoms with Crippen molar-refractivity contribution in [2.45, 2.75) is 200 Å². The zero-order chi connectivity index (χ0) is 32.4. The minimum atomic E-state index is -0.974. The molecule has 0 unspecified atom stereocenters. The molecule has 256 valence electrons. The van der Waals surface area contributed by atoms with E-state index in [-0.39, 0.29) is 24.8 Å². The number of amides is 2. The van der Waals surface area contributed by atoms with E-state index < -0.39 is 5.97 Å². The van der Waals surface area contributed by atoms with Crippen LogP contribution in [0.15, 0.2) is 24.3 Å². The molecule has 0 aromatic rings. The maximum Gasteiger partial charge on any atom is 0.305 e. The van der Waals surface area contributed by atoms with Crippen LogP contribution in [-0.2, 0) is 14.4 Å².